The van der Waals surface area contributed by atoms with Gasteiger partial charge in [-0.1, -0.05) is 30.8 Å². The van der Waals surface area contributed by atoms with Crippen LogP contribution in [0.15, 0.2) is 23.4 Å². The van der Waals surface area contributed by atoms with Gasteiger partial charge < -0.3 is 0 Å². The van der Waals surface area contributed by atoms with E-state index in [1.165, 1.54) is 17.3 Å². The van der Waals surface area contributed by atoms with Crippen molar-refractivity contribution in [1.82, 2.24) is 40.4 Å². The molecule has 0 aliphatic carbocycles. The summed E-state index contributed by atoms with van der Waals surface area (Å²) in [5, 5.41) is 24.6. The highest BCUT2D eigenvalue weighted by molar-refractivity contribution is 7.98. The van der Waals surface area contributed by atoms with Gasteiger partial charge in [0.2, 0.25) is 5.16 Å². The lowest BCUT2D eigenvalue weighted by molar-refractivity contribution is 0.564. The predicted molar refractivity (Wildman–Crippen MR) is 86.3 cm³/mol. The van der Waals surface area contributed by atoms with Gasteiger partial charge in [0.25, 0.3) is 0 Å². The maximum atomic E-state index is 4.13. The molecule has 3 aromatic rings. The van der Waals surface area contributed by atoms with Gasteiger partial charge in [0.05, 0.1) is 11.4 Å². The molecule has 0 bridgehead atoms. The maximum Gasteiger partial charge on any atom is 0.214 e. The van der Waals surface area contributed by atoms with Gasteiger partial charge >= 0.3 is 0 Å². The van der Waals surface area contributed by atoms with Gasteiger partial charge in [0, 0.05) is 6.54 Å². The fraction of sp³-hybridized carbons (Fsp3) is 0.429. The number of aryl methyl sites for hydroxylation is 2. The van der Waals surface area contributed by atoms with Crippen molar-refractivity contribution in [3.8, 4) is 5.69 Å². The predicted octanol–water partition coefficient (Wildman–Crippen LogP) is 1.97. The summed E-state index contributed by atoms with van der Waals surface area (Å²) in [6.45, 7) is 7.06. The summed E-state index contributed by atoms with van der Waals surface area (Å²) in [6.07, 6.45) is 0.989. The van der Waals surface area contributed by atoms with Crippen molar-refractivity contribution < 1.29 is 0 Å². The fourth-order valence-corrected chi connectivity index (χ4v) is 3.04. The molecule has 8 nitrogen and oxygen atoms in total. The molecule has 0 fully saturated rings. The van der Waals surface area contributed by atoms with Gasteiger partial charge in [-0.05, 0) is 58.3 Å². The smallest absolute Gasteiger partial charge is 0.214 e. The van der Waals surface area contributed by atoms with Crippen LogP contribution in [0.2, 0.25) is 0 Å². The number of tetrazole rings is 2. The molecule has 0 aliphatic rings. The van der Waals surface area contributed by atoms with E-state index in [0.717, 1.165) is 35.2 Å². The molecule has 23 heavy (non-hydrogen) atoms. The van der Waals surface area contributed by atoms with Crippen LogP contribution >= 0.6 is 11.8 Å². The van der Waals surface area contributed by atoms with Crippen LogP contribution in [-0.2, 0) is 12.3 Å². The van der Waals surface area contributed by atoms with E-state index in [2.05, 4.69) is 57.9 Å². The van der Waals surface area contributed by atoms with Crippen molar-refractivity contribution in [2.45, 2.75) is 44.6 Å². The number of rotatable bonds is 6. The third-order valence-corrected chi connectivity index (χ3v) is 4.53. The molecule has 0 unspecified atom stereocenters. The zero-order valence-electron chi connectivity index (χ0n) is 13.3. The van der Waals surface area contributed by atoms with Crippen LogP contribution < -0.4 is 0 Å². The molecule has 3 rings (SSSR count). The zero-order chi connectivity index (χ0) is 16.2. The van der Waals surface area contributed by atoms with Crippen molar-refractivity contribution in [3.63, 3.8) is 0 Å². The SMILES string of the molecule is CCCn1nnnc1CSc1nnnn1-c1cccc(C)c1C. The lowest BCUT2D eigenvalue weighted by Crippen LogP contribution is -2.06. The van der Waals surface area contributed by atoms with Crippen molar-refractivity contribution >= 4 is 11.8 Å². The molecule has 120 valence electrons. The minimum atomic E-state index is 0.623. The summed E-state index contributed by atoms with van der Waals surface area (Å²) in [4.78, 5) is 0. The van der Waals surface area contributed by atoms with Gasteiger partial charge in [-0.15, -0.1) is 10.2 Å². The Bertz CT molecular complexity index is 794. The van der Waals surface area contributed by atoms with Crippen LogP contribution in [0.3, 0.4) is 0 Å². The second kappa shape index (κ2) is 6.86. The van der Waals surface area contributed by atoms with E-state index in [0.29, 0.717) is 5.75 Å². The molecule has 9 heteroatoms. The molecule has 0 aliphatic heterocycles. The second-order valence-corrected chi connectivity index (χ2v) is 6.14. The van der Waals surface area contributed by atoms with E-state index < -0.39 is 0 Å². The van der Waals surface area contributed by atoms with E-state index in [9.17, 15) is 0 Å². The van der Waals surface area contributed by atoms with E-state index in [1.54, 1.807) is 4.68 Å². The number of benzene rings is 1. The number of nitrogens with zero attached hydrogens (tertiary/aromatic N) is 8. The van der Waals surface area contributed by atoms with Crippen molar-refractivity contribution in [1.29, 1.82) is 0 Å². The molecule has 2 aromatic heterocycles. The normalized spacial score (nSPS) is 11.1. The first-order valence-corrected chi connectivity index (χ1v) is 8.42. The molecule has 0 saturated carbocycles. The largest absolute Gasteiger partial charge is 0.229 e. The highest BCUT2D eigenvalue weighted by Gasteiger charge is 2.14. The average molecular weight is 330 g/mol. The van der Waals surface area contributed by atoms with Crippen LogP contribution in [0.25, 0.3) is 5.69 Å². The first-order chi connectivity index (χ1) is 11.2. The van der Waals surface area contributed by atoms with Crippen molar-refractivity contribution in [3.05, 3.63) is 35.2 Å². The van der Waals surface area contributed by atoms with E-state index in [-0.39, 0.29) is 0 Å². The van der Waals surface area contributed by atoms with Crippen LogP contribution in [0, 0.1) is 13.8 Å². The van der Waals surface area contributed by atoms with Gasteiger partial charge in [-0.25, -0.2) is 4.68 Å². The molecular weight excluding hydrogens is 312 g/mol. The Morgan fingerprint density at radius 3 is 2.74 bits per heavy atom. The van der Waals surface area contributed by atoms with Gasteiger partial charge in [-0.3, -0.25) is 0 Å². The molecule has 0 amide bonds. The Morgan fingerprint density at radius 1 is 1.09 bits per heavy atom. The lowest BCUT2D eigenvalue weighted by atomic mass is 10.1. The Morgan fingerprint density at radius 2 is 1.91 bits per heavy atom. The molecule has 0 saturated heterocycles. The van der Waals surface area contributed by atoms with Gasteiger partial charge in [-0.2, -0.15) is 4.68 Å². The van der Waals surface area contributed by atoms with Crippen LogP contribution in [-0.4, -0.2) is 40.4 Å². The average Bonchev–Trinajstić information content (AvgIpc) is 3.17. The molecular formula is C14H18N8S. The molecule has 0 atom stereocenters. The first kappa shape index (κ1) is 15.6. The lowest BCUT2D eigenvalue weighted by Gasteiger charge is -2.09. The molecule has 0 N–H and O–H groups in total. The van der Waals surface area contributed by atoms with Crippen LogP contribution in [0.5, 0.6) is 0 Å². The standard InChI is InChI=1S/C14H18N8S/c1-4-8-21-13(15-17-19-21)9-23-14-16-18-20-22(14)12-7-5-6-10(2)11(12)3/h5-7H,4,8-9H2,1-3H3. The third kappa shape index (κ3) is 3.24. The minimum absolute atomic E-state index is 0.623. The minimum Gasteiger partial charge on any atom is -0.229 e. The topological polar surface area (TPSA) is 87.2 Å². The fourth-order valence-electron chi connectivity index (χ4n) is 2.23. The van der Waals surface area contributed by atoms with Crippen LogP contribution in [0.4, 0.5) is 0 Å². The number of thioether (sulfide) groups is 1. The highest BCUT2D eigenvalue weighted by atomic mass is 32.2. The summed E-state index contributed by atoms with van der Waals surface area (Å²) in [7, 11) is 0. The van der Waals surface area contributed by atoms with E-state index in [4.69, 9.17) is 0 Å². The highest BCUT2D eigenvalue weighted by Crippen LogP contribution is 2.24. The molecule has 2 heterocycles. The Hall–Kier alpha value is -2.29. The summed E-state index contributed by atoms with van der Waals surface area (Å²) in [6, 6.07) is 6.11. The molecule has 0 spiro atoms. The second-order valence-electron chi connectivity index (χ2n) is 5.20. The third-order valence-electron chi connectivity index (χ3n) is 3.62. The first-order valence-electron chi connectivity index (χ1n) is 7.43. The Labute approximate surface area is 138 Å². The van der Waals surface area contributed by atoms with E-state index >= 15 is 0 Å². The molecule has 0 radical (unpaired) electrons. The molecule has 1 aromatic carbocycles. The van der Waals surface area contributed by atoms with Gasteiger partial charge in [0.15, 0.2) is 5.82 Å². The van der Waals surface area contributed by atoms with Crippen molar-refractivity contribution in [2.75, 3.05) is 0 Å². The maximum absolute atomic E-state index is 4.13. The monoisotopic (exact) mass is 330 g/mol. The number of hydrogen-bond acceptors (Lipinski definition) is 7. The summed E-state index contributed by atoms with van der Waals surface area (Å²) in [5.41, 5.74) is 3.36. The summed E-state index contributed by atoms with van der Waals surface area (Å²) in [5.74, 6) is 1.45. The van der Waals surface area contributed by atoms with E-state index in [1.807, 2.05) is 16.8 Å². The van der Waals surface area contributed by atoms with Crippen molar-refractivity contribution in [2.24, 2.45) is 0 Å². The number of hydrogen-bond donors (Lipinski definition) is 0. The Balaban J connectivity index is 1.82. The van der Waals surface area contributed by atoms with Gasteiger partial charge in [0.1, 0.15) is 0 Å². The quantitative estimate of drug-likeness (QED) is 0.638. The Kier molecular flexibility index (Phi) is 4.65. The van der Waals surface area contributed by atoms with Crippen LogP contribution in [0.1, 0.15) is 30.3 Å². The number of aromatic nitrogens is 8. The summed E-state index contributed by atoms with van der Waals surface area (Å²) < 4.78 is 3.58. The summed E-state index contributed by atoms with van der Waals surface area (Å²) >= 11 is 1.52. The zero-order valence-corrected chi connectivity index (χ0v) is 14.2.